The molecule has 0 bridgehead atoms. The Balaban J connectivity index is 2.16. The van der Waals surface area contributed by atoms with Crippen LogP contribution in [0.25, 0.3) is 5.57 Å². The molecule has 1 N–H and O–H groups in total. The van der Waals surface area contributed by atoms with Crippen LogP contribution in [0, 0.1) is 11.8 Å². The lowest BCUT2D eigenvalue weighted by molar-refractivity contribution is -0.136. The zero-order valence-electron chi connectivity index (χ0n) is 15.6. The van der Waals surface area contributed by atoms with Gasteiger partial charge in [0.25, 0.3) is 5.56 Å². The number of carbonyl (C=O) groups is 1. The summed E-state index contributed by atoms with van der Waals surface area (Å²) in [4.78, 5) is 29.1. The predicted octanol–water partition coefficient (Wildman–Crippen LogP) is 1.99. The van der Waals surface area contributed by atoms with E-state index in [-0.39, 0.29) is 12.2 Å². The molecule has 1 unspecified atom stereocenters. The minimum Gasteiger partial charge on any atom is -0.462 e. The molecule has 2 aromatic rings. The lowest BCUT2D eigenvalue weighted by Gasteiger charge is -2.13. The average molecular weight is 384 g/mol. The molecular formula is C20H20N2O4S. The van der Waals surface area contributed by atoms with Crippen molar-refractivity contribution < 1.29 is 14.6 Å². The Kier molecular flexibility index (Phi) is 5.05. The van der Waals surface area contributed by atoms with Gasteiger partial charge in [-0.1, -0.05) is 17.4 Å². The minimum absolute atomic E-state index is 0.166. The largest absolute Gasteiger partial charge is 0.462 e. The molecule has 0 spiro atoms. The molecule has 27 heavy (non-hydrogen) atoms. The molecule has 0 saturated heterocycles. The van der Waals surface area contributed by atoms with Crippen molar-refractivity contribution in [2.24, 2.45) is 7.05 Å². The third-order valence-corrected chi connectivity index (χ3v) is 5.34. The van der Waals surface area contributed by atoms with Gasteiger partial charge in [-0.05, 0) is 20.8 Å². The Morgan fingerprint density at radius 1 is 1.52 bits per heavy atom. The molecule has 1 atom stereocenters. The molecular weight excluding hydrogens is 364 g/mol. The van der Waals surface area contributed by atoms with E-state index in [1.807, 2.05) is 6.92 Å². The van der Waals surface area contributed by atoms with Gasteiger partial charge in [0.15, 0.2) is 5.60 Å². The van der Waals surface area contributed by atoms with Crippen molar-refractivity contribution in [1.29, 1.82) is 0 Å². The first-order valence-electron chi connectivity index (χ1n) is 8.51. The lowest BCUT2D eigenvalue weighted by atomic mass is 10.00. The van der Waals surface area contributed by atoms with Gasteiger partial charge in [-0.2, -0.15) is 0 Å². The number of ether oxygens (including phenoxy) is 1. The maximum Gasteiger partial charge on any atom is 0.338 e. The Morgan fingerprint density at radius 3 is 2.89 bits per heavy atom. The maximum absolute atomic E-state index is 12.6. The second kappa shape index (κ2) is 7.14. The molecule has 2 aromatic heterocycles. The standard InChI is InChI=1S/C20H20N2O4S/c1-5-26-18(24)15-12(2)10-14-16(15)13(11-22(4)17(14)23)6-7-20(3,25)19-21-8-9-27-19/h8-9,11,25H,5,10H2,1-4H3. The number of aryl methyl sites for hydroxylation is 1. The molecule has 0 radical (unpaired) electrons. The quantitative estimate of drug-likeness (QED) is 0.647. The van der Waals surface area contributed by atoms with E-state index < -0.39 is 11.6 Å². The summed E-state index contributed by atoms with van der Waals surface area (Å²) in [5.41, 5.74) is 1.11. The Labute approximate surface area is 161 Å². The summed E-state index contributed by atoms with van der Waals surface area (Å²) in [6, 6.07) is 0. The van der Waals surface area contributed by atoms with Gasteiger partial charge in [0.2, 0.25) is 0 Å². The molecule has 0 saturated carbocycles. The van der Waals surface area contributed by atoms with E-state index in [9.17, 15) is 14.7 Å². The van der Waals surface area contributed by atoms with Gasteiger partial charge in [0, 0.05) is 47.9 Å². The Morgan fingerprint density at radius 2 is 2.26 bits per heavy atom. The number of hydrogen-bond donors (Lipinski definition) is 1. The highest BCUT2D eigenvalue weighted by Crippen LogP contribution is 2.34. The van der Waals surface area contributed by atoms with Crippen molar-refractivity contribution in [2.45, 2.75) is 32.8 Å². The van der Waals surface area contributed by atoms with Gasteiger partial charge < -0.3 is 14.4 Å². The molecule has 3 rings (SSSR count). The van der Waals surface area contributed by atoms with E-state index in [1.54, 1.807) is 38.7 Å². The lowest BCUT2D eigenvalue weighted by Crippen LogP contribution is -2.23. The van der Waals surface area contributed by atoms with Gasteiger partial charge >= 0.3 is 5.97 Å². The first-order valence-corrected chi connectivity index (χ1v) is 9.39. The van der Waals surface area contributed by atoms with E-state index in [4.69, 9.17) is 4.74 Å². The number of hydrogen-bond acceptors (Lipinski definition) is 6. The molecule has 140 valence electrons. The van der Waals surface area contributed by atoms with Gasteiger partial charge in [-0.3, -0.25) is 4.79 Å². The fourth-order valence-corrected chi connectivity index (χ4v) is 3.75. The molecule has 6 nitrogen and oxygen atoms in total. The number of aliphatic hydroxyl groups is 1. The smallest absolute Gasteiger partial charge is 0.338 e. The number of allylic oxidation sites excluding steroid dienone is 1. The molecule has 0 aliphatic heterocycles. The Hall–Kier alpha value is -2.69. The minimum atomic E-state index is -1.43. The van der Waals surface area contributed by atoms with Crippen LogP contribution in [0.1, 0.15) is 42.5 Å². The van der Waals surface area contributed by atoms with Crippen LogP contribution < -0.4 is 5.56 Å². The van der Waals surface area contributed by atoms with Crippen molar-refractivity contribution in [3.8, 4) is 11.8 Å². The van der Waals surface area contributed by atoms with Crippen molar-refractivity contribution in [3.05, 3.63) is 55.4 Å². The highest BCUT2D eigenvalue weighted by atomic mass is 32.1. The first-order chi connectivity index (χ1) is 12.8. The summed E-state index contributed by atoms with van der Waals surface area (Å²) in [6.45, 7) is 5.36. The number of esters is 1. The monoisotopic (exact) mass is 384 g/mol. The second-order valence-corrected chi connectivity index (χ2v) is 7.42. The van der Waals surface area contributed by atoms with Crippen LogP contribution >= 0.6 is 11.3 Å². The average Bonchev–Trinajstić information content (AvgIpc) is 3.25. The summed E-state index contributed by atoms with van der Waals surface area (Å²) < 4.78 is 6.62. The molecule has 1 aliphatic carbocycles. The van der Waals surface area contributed by atoms with E-state index in [1.165, 1.54) is 15.9 Å². The zero-order valence-corrected chi connectivity index (χ0v) is 16.4. The van der Waals surface area contributed by atoms with E-state index >= 15 is 0 Å². The maximum atomic E-state index is 12.6. The van der Waals surface area contributed by atoms with Crippen LogP contribution in [0.5, 0.6) is 0 Å². The number of rotatable bonds is 3. The van der Waals surface area contributed by atoms with Gasteiger partial charge in [-0.25, -0.2) is 9.78 Å². The van der Waals surface area contributed by atoms with Gasteiger partial charge in [0.05, 0.1) is 12.2 Å². The van der Waals surface area contributed by atoms with Crippen LogP contribution in [-0.4, -0.2) is 27.2 Å². The number of thiazole rings is 1. The molecule has 1 aliphatic rings. The highest BCUT2D eigenvalue weighted by Gasteiger charge is 2.31. The van der Waals surface area contributed by atoms with Crippen molar-refractivity contribution in [3.63, 3.8) is 0 Å². The van der Waals surface area contributed by atoms with Crippen LogP contribution in [0.4, 0.5) is 0 Å². The van der Waals surface area contributed by atoms with Gasteiger partial charge in [0.1, 0.15) is 5.01 Å². The summed E-state index contributed by atoms with van der Waals surface area (Å²) in [6.07, 6.45) is 3.57. The van der Waals surface area contributed by atoms with E-state index in [0.29, 0.717) is 33.7 Å². The van der Waals surface area contributed by atoms with Gasteiger partial charge in [-0.15, -0.1) is 11.3 Å². The fraction of sp³-hybridized carbons (Fsp3) is 0.350. The van der Waals surface area contributed by atoms with Crippen molar-refractivity contribution in [2.75, 3.05) is 6.61 Å². The molecule has 0 fully saturated rings. The summed E-state index contributed by atoms with van der Waals surface area (Å²) in [7, 11) is 1.64. The summed E-state index contributed by atoms with van der Waals surface area (Å²) >= 11 is 1.31. The van der Waals surface area contributed by atoms with Crippen LogP contribution in [0.2, 0.25) is 0 Å². The van der Waals surface area contributed by atoms with Crippen LogP contribution in [-0.2, 0) is 28.6 Å². The predicted molar refractivity (Wildman–Crippen MR) is 103 cm³/mol. The summed E-state index contributed by atoms with van der Waals surface area (Å²) in [5.74, 6) is 5.32. The molecule has 2 heterocycles. The zero-order chi connectivity index (χ0) is 19.8. The number of aromatic nitrogens is 2. The van der Waals surface area contributed by atoms with E-state index in [2.05, 4.69) is 16.8 Å². The topological polar surface area (TPSA) is 81.4 Å². The fourth-order valence-electron chi connectivity index (χ4n) is 3.10. The molecule has 0 amide bonds. The Bertz CT molecular complexity index is 1050. The first kappa shape index (κ1) is 19.1. The second-order valence-electron chi connectivity index (χ2n) is 6.52. The molecule has 7 heteroatoms. The molecule has 0 aromatic carbocycles. The van der Waals surface area contributed by atoms with Crippen LogP contribution in [0.3, 0.4) is 0 Å². The third-order valence-electron chi connectivity index (χ3n) is 4.36. The number of nitrogens with zero attached hydrogens (tertiary/aromatic N) is 2. The number of pyridine rings is 1. The third kappa shape index (κ3) is 3.46. The van der Waals surface area contributed by atoms with Crippen LogP contribution in [0.15, 0.2) is 28.1 Å². The SMILES string of the molecule is CCOC(=O)C1=C(C)Cc2c1c(C#CC(C)(O)c1nccs1)cn(C)c2=O. The van der Waals surface area contributed by atoms with Crippen molar-refractivity contribution >= 4 is 22.9 Å². The van der Waals surface area contributed by atoms with E-state index in [0.717, 1.165) is 5.57 Å². The normalized spacial score (nSPS) is 15.0. The summed E-state index contributed by atoms with van der Waals surface area (Å²) in [5, 5.41) is 12.9. The number of carbonyl (C=O) groups excluding carboxylic acids is 1. The number of fused-ring (bicyclic) bond motifs is 1. The van der Waals surface area contributed by atoms with Crippen molar-refractivity contribution in [1.82, 2.24) is 9.55 Å². The highest BCUT2D eigenvalue weighted by molar-refractivity contribution is 7.09.